The predicted molar refractivity (Wildman–Crippen MR) is 131 cm³/mol. The quantitative estimate of drug-likeness (QED) is 0.475. The summed E-state index contributed by atoms with van der Waals surface area (Å²) in [6.45, 7) is 3.84. The lowest BCUT2D eigenvalue weighted by Gasteiger charge is -2.13. The number of anilines is 2. The highest BCUT2D eigenvalue weighted by Gasteiger charge is 2.36. The third-order valence-electron chi connectivity index (χ3n) is 4.96. The minimum Gasteiger partial charge on any atom is -0.488 e. The van der Waals surface area contributed by atoms with Gasteiger partial charge in [-0.2, -0.15) is 0 Å². The van der Waals surface area contributed by atoms with Crippen molar-refractivity contribution in [3.8, 4) is 5.75 Å². The molecule has 3 aromatic carbocycles. The summed E-state index contributed by atoms with van der Waals surface area (Å²) in [4.78, 5) is 38.2. The van der Waals surface area contributed by atoms with Crippen LogP contribution in [-0.4, -0.2) is 17.1 Å². The predicted octanol–water partition coefficient (Wildman–Crippen LogP) is 5.77. The second-order valence-electron chi connectivity index (χ2n) is 7.56. The second-order valence-corrected chi connectivity index (χ2v) is 8.55. The number of nitrogens with zero attached hydrogens (tertiary/aromatic N) is 1. The lowest BCUT2D eigenvalue weighted by Crippen LogP contribution is -2.27. The number of carbonyl (C=O) groups excluding carboxylic acids is 3. The fraction of sp³-hybridized carbons (Fsp3) is 0.115. The fourth-order valence-corrected chi connectivity index (χ4v) is 4.14. The van der Waals surface area contributed by atoms with E-state index in [9.17, 15) is 14.4 Å². The minimum atomic E-state index is -0.398. The van der Waals surface area contributed by atoms with Crippen molar-refractivity contribution in [1.82, 2.24) is 0 Å². The first-order valence-corrected chi connectivity index (χ1v) is 11.2. The Morgan fingerprint density at radius 1 is 1.00 bits per heavy atom. The lowest BCUT2D eigenvalue weighted by atomic mass is 10.1. The number of para-hydroxylation sites is 1. The number of hydrogen-bond acceptors (Lipinski definition) is 5. The van der Waals surface area contributed by atoms with Gasteiger partial charge in [-0.25, -0.2) is 4.90 Å². The van der Waals surface area contributed by atoms with Gasteiger partial charge in [0.2, 0.25) is 5.91 Å². The summed E-state index contributed by atoms with van der Waals surface area (Å²) in [6.07, 6.45) is 1.68. The summed E-state index contributed by atoms with van der Waals surface area (Å²) in [5, 5.41) is 2.28. The number of rotatable bonds is 6. The molecule has 3 aromatic rings. The molecule has 1 saturated heterocycles. The van der Waals surface area contributed by atoms with Crippen molar-refractivity contribution in [2.24, 2.45) is 0 Å². The number of amides is 3. The van der Waals surface area contributed by atoms with Crippen LogP contribution >= 0.6 is 11.8 Å². The molecule has 4 rings (SSSR count). The van der Waals surface area contributed by atoms with Gasteiger partial charge < -0.3 is 10.1 Å². The molecule has 7 heteroatoms. The maximum absolute atomic E-state index is 13.0. The van der Waals surface area contributed by atoms with E-state index in [2.05, 4.69) is 5.32 Å². The van der Waals surface area contributed by atoms with Crippen LogP contribution in [-0.2, 0) is 16.2 Å². The van der Waals surface area contributed by atoms with Gasteiger partial charge in [0.05, 0.1) is 10.6 Å². The van der Waals surface area contributed by atoms with Crippen LogP contribution in [0.25, 0.3) is 6.08 Å². The van der Waals surface area contributed by atoms with E-state index >= 15 is 0 Å². The number of carbonyl (C=O) groups is 3. The molecule has 1 aliphatic heterocycles. The standard InChI is InChI=1S/C26H22N2O4S/c1-17-7-9-19(10-8-17)16-32-23-6-4-3-5-20(23)15-24-25(30)28(26(31)33-24)22-13-11-21(12-14-22)27-18(2)29/h3-15H,16H2,1-2H3,(H,27,29)/b24-15-. The molecule has 3 amide bonds. The molecule has 0 saturated carbocycles. The molecule has 0 aliphatic carbocycles. The smallest absolute Gasteiger partial charge is 0.298 e. The Hall–Kier alpha value is -3.84. The Labute approximate surface area is 196 Å². The van der Waals surface area contributed by atoms with Gasteiger partial charge in [-0.3, -0.25) is 14.4 Å². The Morgan fingerprint density at radius 2 is 1.70 bits per heavy atom. The van der Waals surface area contributed by atoms with Gasteiger partial charge in [-0.15, -0.1) is 0 Å². The normalized spacial score (nSPS) is 14.6. The Morgan fingerprint density at radius 3 is 2.39 bits per heavy atom. The third-order valence-corrected chi connectivity index (χ3v) is 5.83. The van der Waals surface area contributed by atoms with Crippen LogP contribution in [0.3, 0.4) is 0 Å². The number of imide groups is 1. The molecule has 33 heavy (non-hydrogen) atoms. The molecule has 0 bridgehead atoms. The van der Waals surface area contributed by atoms with Gasteiger partial charge in [-0.05, 0) is 60.7 Å². The van der Waals surface area contributed by atoms with Crippen LogP contribution in [0.5, 0.6) is 5.75 Å². The van der Waals surface area contributed by atoms with Crippen LogP contribution in [0, 0.1) is 6.92 Å². The van der Waals surface area contributed by atoms with Gasteiger partial charge in [0.15, 0.2) is 0 Å². The molecule has 0 aromatic heterocycles. The highest BCUT2D eigenvalue weighted by Crippen LogP contribution is 2.37. The monoisotopic (exact) mass is 458 g/mol. The number of benzene rings is 3. The molecular weight excluding hydrogens is 436 g/mol. The van der Waals surface area contributed by atoms with E-state index in [4.69, 9.17) is 4.74 Å². The van der Waals surface area contributed by atoms with Gasteiger partial charge in [0, 0.05) is 18.2 Å². The fourth-order valence-electron chi connectivity index (χ4n) is 3.31. The lowest BCUT2D eigenvalue weighted by molar-refractivity contribution is -0.114. The zero-order chi connectivity index (χ0) is 23.4. The van der Waals surface area contributed by atoms with Crippen LogP contribution in [0.15, 0.2) is 77.7 Å². The molecule has 0 unspecified atom stereocenters. The Kier molecular flexibility index (Phi) is 6.60. The van der Waals surface area contributed by atoms with E-state index in [1.807, 2.05) is 55.5 Å². The topological polar surface area (TPSA) is 75.7 Å². The number of nitrogens with one attached hydrogen (secondary N) is 1. The van der Waals surface area contributed by atoms with E-state index in [1.165, 1.54) is 12.5 Å². The summed E-state index contributed by atoms with van der Waals surface area (Å²) in [6, 6.07) is 22.1. The minimum absolute atomic E-state index is 0.194. The van der Waals surface area contributed by atoms with E-state index in [-0.39, 0.29) is 11.1 Å². The third kappa shape index (κ3) is 5.32. The molecule has 6 nitrogen and oxygen atoms in total. The summed E-state index contributed by atoms with van der Waals surface area (Å²) in [5.74, 6) is 0.0373. The highest BCUT2D eigenvalue weighted by molar-refractivity contribution is 8.19. The average molecular weight is 459 g/mol. The first kappa shape index (κ1) is 22.4. The van der Waals surface area contributed by atoms with Crippen LogP contribution in [0.1, 0.15) is 23.6 Å². The second kappa shape index (κ2) is 9.75. The maximum atomic E-state index is 13.0. The highest BCUT2D eigenvalue weighted by atomic mass is 32.2. The van der Waals surface area contributed by atoms with Gasteiger partial charge >= 0.3 is 0 Å². The summed E-state index contributed by atoms with van der Waals surface area (Å²) >= 11 is 0.884. The molecule has 0 atom stereocenters. The van der Waals surface area contributed by atoms with Crippen LogP contribution < -0.4 is 15.0 Å². The number of ether oxygens (including phenoxy) is 1. The molecule has 1 N–H and O–H groups in total. The SMILES string of the molecule is CC(=O)Nc1ccc(N2C(=O)S/C(=C\c3ccccc3OCc3ccc(C)cc3)C2=O)cc1. The molecule has 0 spiro atoms. The van der Waals surface area contributed by atoms with E-state index < -0.39 is 5.91 Å². The van der Waals surface area contributed by atoms with Gasteiger partial charge in [-0.1, -0.05) is 48.0 Å². The molecule has 1 aliphatic rings. The summed E-state index contributed by atoms with van der Waals surface area (Å²) < 4.78 is 5.99. The van der Waals surface area contributed by atoms with Crippen molar-refractivity contribution in [2.75, 3.05) is 10.2 Å². The van der Waals surface area contributed by atoms with Crippen molar-refractivity contribution >= 4 is 46.3 Å². The molecule has 0 radical (unpaired) electrons. The summed E-state index contributed by atoms with van der Waals surface area (Å²) in [5.41, 5.74) is 3.97. The van der Waals surface area contributed by atoms with E-state index in [0.29, 0.717) is 28.6 Å². The van der Waals surface area contributed by atoms with Crippen molar-refractivity contribution in [1.29, 1.82) is 0 Å². The average Bonchev–Trinajstić information content (AvgIpc) is 3.07. The van der Waals surface area contributed by atoms with Crippen molar-refractivity contribution in [3.05, 3.63) is 94.4 Å². The molecule has 1 heterocycles. The van der Waals surface area contributed by atoms with Gasteiger partial charge in [0.25, 0.3) is 11.1 Å². The number of aryl methyl sites for hydroxylation is 1. The van der Waals surface area contributed by atoms with E-state index in [1.54, 1.807) is 30.3 Å². The number of hydrogen-bond donors (Lipinski definition) is 1. The largest absolute Gasteiger partial charge is 0.488 e. The van der Waals surface area contributed by atoms with Gasteiger partial charge in [0.1, 0.15) is 12.4 Å². The molecule has 1 fully saturated rings. The van der Waals surface area contributed by atoms with E-state index in [0.717, 1.165) is 27.8 Å². The summed E-state index contributed by atoms with van der Waals surface area (Å²) in [7, 11) is 0. The molecule has 166 valence electrons. The zero-order valence-corrected chi connectivity index (χ0v) is 19.0. The zero-order valence-electron chi connectivity index (χ0n) is 18.2. The Bertz CT molecular complexity index is 1230. The Balaban J connectivity index is 1.52. The van der Waals surface area contributed by atoms with Crippen molar-refractivity contribution in [2.45, 2.75) is 20.5 Å². The molecular formula is C26H22N2O4S. The first-order chi connectivity index (χ1) is 15.9. The van der Waals surface area contributed by atoms with Crippen molar-refractivity contribution in [3.63, 3.8) is 0 Å². The van der Waals surface area contributed by atoms with Crippen LogP contribution in [0.2, 0.25) is 0 Å². The first-order valence-electron chi connectivity index (χ1n) is 10.3. The van der Waals surface area contributed by atoms with Crippen molar-refractivity contribution < 1.29 is 19.1 Å². The number of thioether (sulfide) groups is 1. The maximum Gasteiger partial charge on any atom is 0.298 e. The van der Waals surface area contributed by atoms with Crippen LogP contribution in [0.4, 0.5) is 16.2 Å².